The van der Waals surface area contributed by atoms with Crippen LogP contribution >= 0.6 is 0 Å². The Morgan fingerprint density at radius 3 is 1.93 bits per heavy atom. The highest BCUT2D eigenvalue weighted by Crippen LogP contribution is 2.53. The molecule has 0 saturated carbocycles. The van der Waals surface area contributed by atoms with E-state index in [1.54, 1.807) is 0 Å². The Morgan fingerprint density at radius 2 is 1.11 bits per heavy atom. The lowest BCUT2D eigenvalue weighted by Gasteiger charge is -2.30. The van der Waals surface area contributed by atoms with Gasteiger partial charge in [0.2, 0.25) is 0 Å². The second kappa shape index (κ2) is 13.3. The van der Waals surface area contributed by atoms with Crippen molar-refractivity contribution in [3.05, 3.63) is 198 Å². The third kappa shape index (κ3) is 5.61. The molecule has 2 aliphatic carbocycles. The first kappa shape index (κ1) is 33.4. The van der Waals surface area contributed by atoms with Gasteiger partial charge in [0.1, 0.15) is 0 Å². The van der Waals surface area contributed by atoms with E-state index in [-0.39, 0.29) is 5.41 Å². The third-order valence-corrected chi connectivity index (χ3v) is 12.4. The molecule has 0 aromatic heterocycles. The van der Waals surface area contributed by atoms with Gasteiger partial charge in [-0.3, -0.25) is 0 Å². The molecular weight excluding hydrogens is 663 g/mol. The second-order valence-corrected chi connectivity index (χ2v) is 16.0. The van der Waals surface area contributed by atoms with E-state index in [9.17, 15) is 0 Å². The highest BCUT2D eigenvalue weighted by atomic mass is 15.1. The Labute approximate surface area is 325 Å². The van der Waals surface area contributed by atoms with Gasteiger partial charge in [0, 0.05) is 22.4 Å². The van der Waals surface area contributed by atoms with Gasteiger partial charge in [-0.2, -0.15) is 0 Å². The van der Waals surface area contributed by atoms with Crippen LogP contribution in [0.3, 0.4) is 0 Å². The van der Waals surface area contributed by atoms with Crippen molar-refractivity contribution in [2.75, 3.05) is 4.90 Å². The molecule has 0 amide bonds. The van der Waals surface area contributed by atoms with Crippen LogP contribution in [0.2, 0.25) is 0 Å². The molecule has 0 unspecified atom stereocenters. The number of anilines is 3. The molecule has 2 aliphatic rings. The van der Waals surface area contributed by atoms with Crippen LogP contribution in [0, 0.1) is 6.92 Å². The predicted molar refractivity (Wildman–Crippen MR) is 234 cm³/mol. The summed E-state index contributed by atoms with van der Waals surface area (Å²) in [6.07, 6.45) is 4.90. The number of rotatable bonds is 6. The molecule has 0 aliphatic heterocycles. The number of benzene rings is 8. The first-order valence-electron chi connectivity index (χ1n) is 19.9. The van der Waals surface area contributed by atoms with Gasteiger partial charge in [-0.25, -0.2) is 0 Å². The highest BCUT2D eigenvalue weighted by molar-refractivity contribution is 6.01. The monoisotopic (exact) mass is 707 g/mol. The molecule has 10 rings (SSSR count). The zero-order chi connectivity index (χ0) is 37.1. The van der Waals surface area contributed by atoms with Gasteiger partial charge in [-0.15, -0.1) is 0 Å². The minimum absolute atomic E-state index is 0.118. The summed E-state index contributed by atoms with van der Waals surface area (Å²) in [5.74, 6) is 0. The van der Waals surface area contributed by atoms with Crippen molar-refractivity contribution in [3.8, 4) is 44.5 Å². The Hall–Kier alpha value is -6.18. The van der Waals surface area contributed by atoms with Crippen molar-refractivity contribution in [2.45, 2.75) is 51.9 Å². The average Bonchev–Trinajstić information content (AvgIpc) is 3.47. The molecule has 266 valence electrons. The first-order valence-corrected chi connectivity index (χ1v) is 19.9. The number of nitrogens with zero attached hydrogens (tertiary/aromatic N) is 1. The van der Waals surface area contributed by atoms with Gasteiger partial charge in [-0.05, 0) is 153 Å². The minimum Gasteiger partial charge on any atom is -0.310 e. The summed E-state index contributed by atoms with van der Waals surface area (Å²) in [5, 5.41) is 2.48. The Kier molecular flexibility index (Phi) is 8.07. The summed E-state index contributed by atoms with van der Waals surface area (Å²) in [7, 11) is 0. The molecular formula is C54H45N. The van der Waals surface area contributed by atoms with Crippen LogP contribution in [-0.4, -0.2) is 0 Å². The lowest BCUT2D eigenvalue weighted by Crippen LogP contribution is -2.17. The minimum atomic E-state index is -0.118. The summed E-state index contributed by atoms with van der Waals surface area (Å²) < 4.78 is 0. The molecule has 0 bridgehead atoms. The van der Waals surface area contributed by atoms with Crippen LogP contribution in [0.15, 0.2) is 170 Å². The summed E-state index contributed by atoms with van der Waals surface area (Å²) >= 11 is 0. The molecule has 0 fully saturated rings. The standard InChI is InChI=1S/C54H45N/c1-36-15-13-25-50-53(36)47-32-31-43(35-51(47)54(50,2)3)55(42-29-27-39(28-30-42)45-24-14-21-37-18-9-10-22-44(37)45)52-26-12-11-23-46(52)49-34-41-20-8-7-19-40(41)33-48(49)38-16-5-4-6-17-38/h4-8,11-17,19-21,23-35H,9-10,18,22H2,1-3H3. The van der Waals surface area contributed by atoms with Crippen molar-refractivity contribution < 1.29 is 0 Å². The number of fused-ring (bicyclic) bond motifs is 5. The number of para-hydroxylation sites is 1. The van der Waals surface area contributed by atoms with Gasteiger partial charge < -0.3 is 4.90 Å². The molecule has 0 heterocycles. The maximum absolute atomic E-state index is 2.50. The van der Waals surface area contributed by atoms with Crippen LogP contribution in [0.25, 0.3) is 55.3 Å². The van der Waals surface area contributed by atoms with E-state index in [1.165, 1.54) is 102 Å². The van der Waals surface area contributed by atoms with Crippen molar-refractivity contribution >= 4 is 27.8 Å². The van der Waals surface area contributed by atoms with Crippen molar-refractivity contribution in [1.29, 1.82) is 0 Å². The number of aryl methyl sites for hydroxylation is 2. The zero-order valence-electron chi connectivity index (χ0n) is 31.9. The summed E-state index contributed by atoms with van der Waals surface area (Å²) in [6.45, 7) is 7.02. The molecule has 1 nitrogen and oxygen atoms in total. The van der Waals surface area contributed by atoms with E-state index in [0.717, 1.165) is 23.5 Å². The van der Waals surface area contributed by atoms with Crippen LogP contribution < -0.4 is 4.90 Å². The van der Waals surface area contributed by atoms with Crippen LogP contribution in [0.4, 0.5) is 17.1 Å². The van der Waals surface area contributed by atoms with E-state index in [4.69, 9.17) is 0 Å². The Bertz CT molecular complexity index is 2730. The molecule has 8 aromatic rings. The van der Waals surface area contributed by atoms with Crippen molar-refractivity contribution in [3.63, 3.8) is 0 Å². The van der Waals surface area contributed by atoms with Gasteiger partial charge in [-0.1, -0.05) is 141 Å². The average molecular weight is 708 g/mol. The molecule has 0 spiro atoms. The zero-order valence-corrected chi connectivity index (χ0v) is 31.9. The fraction of sp³-hybridized carbons (Fsp3) is 0.148. The Balaban J connectivity index is 1.19. The lowest BCUT2D eigenvalue weighted by atomic mass is 9.82. The van der Waals surface area contributed by atoms with Gasteiger partial charge in [0.25, 0.3) is 0 Å². The fourth-order valence-electron chi connectivity index (χ4n) is 9.58. The number of hydrogen-bond donors (Lipinski definition) is 0. The SMILES string of the molecule is Cc1cccc2c1-c1ccc(N(c3ccc(-c4cccc5c4CCCC5)cc3)c3ccccc3-c3cc4ccccc4cc3-c3ccccc3)cc1C2(C)C. The summed E-state index contributed by atoms with van der Waals surface area (Å²) in [4.78, 5) is 2.50. The van der Waals surface area contributed by atoms with Gasteiger partial charge >= 0.3 is 0 Å². The topological polar surface area (TPSA) is 3.24 Å². The summed E-state index contributed by atoms with van der Waals surface area (Å²) in [5.41, 5.74) is 20.8. The molecule has 8 aromatic carbocycles. The molecule has 0 radical (unpaired) electrons. The Morgan fingerprint density at radius 1 is 0.455 bits per heavy atom. The number of hydrogen-bond acceptors (Lipinski definition) is 1. The normalized spacial score (nSPS) is 13.9. The van der Waals surface area contributed by atoms with Crippen molar-refractivity contribution in [2.24, 2.45) is 0 Å². The van der Waals surface area contributed by atoms with Crippen LogP contribution in [-0.2, 0) is 18.3 Å². The molecule has 1 heteroatoms. The van der Waals surface area contributed by atoms with E-state index >= 15 is 0 Å². The van der Waals surface area contributed by atoms with Gasteiger partial charge in [0.05, 0.1) is 5.69 Å². The van der Waals surface area contributed by atoms with Crippen LogP contribution in [0.5, 0.6) is 0 Å². The fourth-order valence-corrected chi connectivity index (χ4v) is 9.58. The highest BCUT2D eigenvalue weighted by Gasteiger charge is 2.37. The molecule has 0 saturated heterocycles. The summed E-state index contributed by atoms with van der Waals surface area (Å²) in [6, 6.07) is 63.6. The quantitative estimate of drug-likeness (QED) is 0.166. The lowest BCUT2D eigenvalue weighted by molar-refractivity contribution is 0.660. The second-order valence-electron chi connectivity index (χ2n) is 16.0. The van der Waals surface area contributed by atoms with Gasteiger partial charge in [0.15, 0.2) is 0 Å². The van der Waals surface area contributed by atoms with E-state index in [1.807, 2.05) is 0 Å². The maximum Gasteiger partial charge on any atom is 0.0540 e. The van der Waals surface area contributed by atoms with E-state index in [0.29, 0.717) is 0 Å². The molecule has 0 atom stereocenters. The first-order chi connectivity index (χ1) is 27.0. The smallest absolute Gasteiger partial charge is 0.0540 e. The maximum atomic E-state index is 2.50. The van der Waals surface area contributed by atoms with E-state index < -0.39 is 0 Å². The molecule has 0 N–H and O–H groups in total. The van der Waals surface area contributed by atoms with E-state index in [2.05, 4.69) is 196 Å². The van der Waals surface area contributed by atoms with Crippen molar-refractivity contribution in [1.82, 2.24) is 0 Å². The van der Waals surface area contributed by atoms with Crippen LogP contribution in [0.1, 0.15) is 54.5 Å². The predicted octanol–water partition coefficient (Wildman–Crippen LogP) is 14.8. The molecule has 55 heavy (non-hydrogen) atoms. The third-order valence-electron chi connectivity index (χ3n) is 12.4. The largest absolute Gasteiger partial charge is 0.310 e.